The van der Waals surface area contributed by atoms with Crippen LogP contribution in [0.15, 0.2) is 12.1 Å². The van der Waals surface area contributed by atoms with Gasteiger partial charge < -0.3 is 20.1 Å². The number of nitrogens with zero attached hydrogens (tertiary/aromatic N) is 1. The molecule has 0 aliphatic carbocycles. The van der Waals surface area contributed by atoms with Crippen molar-refractivity contribution in [1.29, 1.82) is 0 Å². The zero-order valence-corrected chi connectivity index (χ0v) is 11.7. The molecule has 1 aromatic carbocycles. The first-order chi connectivity index (χ1) is 9.56. The Kier molecular flexibility index (Phi) is 4.77. The fourth-order valence-electron chi connectivity index (χ4n) is 2.76. The van der Waals surface area contributed by atoms with E-state index in [2.05, 4.69) is 0 Å². The van der Waals surface area contributed by atoms with E-state index in [-0.39, 0.29) is 23.6 Å². The highest BCUT2D eigenvalue weighted by Gasteiger charge is 2.28. The van der Waals surface area contributed by atoms with Gasteiger partial charge in [0, 0.05) is 38.9 Å². The van der Waals surface area contributed by atoms with Crippen LogP contribution in [-0.2, 0) is 9.47 Å². The third-order valence-corrected chi connectivity index (χ3v) is 3.74. The Labute approximate surface area is 117 Å². The van der Waals surface area contributed by atoms with Gasteiger partial charge in [0.1, 0.15) is 5.69 Å². The number of halogens is 2. The summed E-state index contributed by atoms with van der Waals surface area (Å²) in [4.78, 5) is 1.71. The van der Waals surface area contributed by atoms with E-state index in [0.29, 0.717) is 13.1 Å². The maximum atomic E-state index is 13.9. The zero-order chi connectivity index (χ0) is 14.7. The number of nitrogens with two attached hydrogens (primary N) is 1. The highest BCUT2D eigenvalue weighted by atomic mass is 19.1. The van der Waals surface area contributed by atoms with E-state index in [4.69, 9.17) is 15.2 Å². The fourth-order valence-corrected chi connectivity index (χ4v) is 2.76. The van der Waals surface area contributed by atoms with Gasteiger partial charge in [-0.3, -0.25) is 0 Å². The maximum Gasteiger partial charge on any atom is 0.159 e. The van der Waals surface area contributed by atoms with Crippen molar-refractivity contribution in [3.8, 4) is 0 Å². The molecule has 1 fully saturated rings. The number of anilines is 2. The SMILES string of the molecule is COC(OC)C1CCN(c2c(F)cc(N)cc2F)CC1. The molecule has 0 saturated carbocycles. The minimum atomic E-state index is -0.615. The largest absolute Gasteiger partial charge is 0.399 e. The van der Waals surface area contributed by atoms with Crippen molar-refractivity contribution < 1.29 is 18.3 Å². The Morgan fingerprint density at radius 2 is 1.65 bits per heavy atom. The van der Waals surface area contributed by atoms with E-state index in [9.17, 15) is 8.78 Å². The Morgan fingerprint density at radius 3 is 2.10 bits per heavy atom. The Balaban J connectivity index is 2.08. The Hall–Kier alpha value is -1.40. The van der Waals surface area contributed by atoms with Crippen LogP contribution >= 0.6 is 0 Å². The third-order valence-electron chi connectivity index (χ3n) is 3.74. The molecular formula is C14H20F2N2O2. The van der Waals surface area contributed by atoms with Crippen molar-refractivity contribution in [3.63, 3.8) is 0 Å². The van der Waals surface area contributed by atoms with E-state index in [0.717, 1.165) is 25.0 Å². The number of nitrogen functional groups attached to an aromatic ring is 1. The van der Waals surface area contributed by atoms with E-state index in [1.165, 1.54) is 0 Å². The lowest BCUT2D eigenvalue weighted by molar-refractivity contribution is -0.141. The van der Waals surface area contributed by atoms with Crippen LogP contribution < -0.4 is 10.6 Å². The molecule has 1 heterocycles. The molecule has 0 aromatic heterocycles. The zero-order valence-electron chi connectivity index (χ0n) is 11.7. The number of hydrogen-bond donors (Lipinski definition) is 1. The van der Waals surface area contributed by atoms with E-state index in [1.54, 1.807) is 19.1 Å². The Bertz CT molecular complexity index is 435. The van der Waals surface area contributed by atoms with Crippen LogP contribution in [0.4, 0.5) is 20.2 Å². The monoisotopic (exact) mass is 286 g/mol. The average molecular weight is 286 g/mol. The van der Waals surface area contributed by atoms with Crippen LogP contribution in [0.25, 0.3) is 0 Å². The molecule has 1 aliphatic rings. The quantitative estimate of drug-likeness (QED) is 0.682. The van der Waals surface area contributed by atoms with Gasteiger partial charge in [-0.25, -0.2) is 8.78 Å². The summed E-state index contributed by atoms with van der Waals surface area (Å²) < 4.78 is 38.2. The van der Waals surface area contributed by atoms with Gasteiger partial charge in [-0.05, 0) is 25.0 Å². The average Bonchev–Trinajstić information content (AvgIpc) is 2.40. The molecule has 1 aromatic rings. The first kappa shape index (κ1) is 15.0. The maximum absolute atomic E-state index is 13.9. The Morgan fingerprint density at radius 1 is 1.15 bits per heavy atom. The van der Waals surface area contributed by atoms with Crippen LogP contribution in [0, 0.1) is 17.6 Å². The lowest BCUT2D eigenvalue weighted by Crippen LogP contribution is -2.39. The van der Waals surface area contributed by atoms with Gasteiger partial charge >= 0.3 is 0 Å². The summed E-state index contributed by atoms with van der Waals surface area (Å²) in [6.07, 6.45) is 1.25. The lowest BCUT2D eigenvalue weighted by atomic mass is 9.95. The molecule has 0 bridgehead atoms. The number of hydrogen-bond acceptors (Lipinski definition) is 4. The van der Waals surface area contributed by atoms with Crippen LogP contribution in [0.2, 0.25) is 0 Å². The van der Waals surface area contributed by atoms with Gasteiger partial charge in [-0.15, -0.1) is 0 Å². The predicted molar refractivity (Wildman–Crippen MR) is 73.5 cm³/mol. The first-order valence-electron chi connectivity index (χ1n) is 6.62. The summed E-state index contributed by atoms with van der Waals surface area (Å²) in [5.74, 6) is -0.992. The van der Waals surface area contributed by atoms with E-state index in [1.807, 2.05) is 0 Å². The number of piperidine rings is 1. The second-order valence-electron chi connectivity index (χ2n) is 5.00. The van der Waals surface area contributed by atoms with Crippen molar-refractivity contribution in [2.45, 2.75) is 19.1 Å². The summed E-state index contributed by atoms with van der Waals surface area (Å²) in [6.45, 7) is 1.12. The number of benzene rings is 1. The lowest BCUT2D eigenvalue weighted by Gasteiger charge is -2.36. The van der Waals surface area contributed by atoms with Gasteiger partial charge in [0.2, 0.25) is 0 Å². The van der Waals surface area contributed by atoms with E-state index >= 15 is 0 Å². The molecular weight excluding hydrogens is 266 g/mol. The van der Waals surface area contributed by atoms with Gasteiger partial charge in [0.15, 0.2) is 17.9 Å². The minimum absolute atomic E-state index is 0.00373. The summed E-state index contributed by atoms with van der Waals surface area (Å²) in [6, 6.07) is 2.30. The van der Waals surface area contributed by atoms with Gasteiger partial charge in [-0.2, -0.15) is 0 Å². The molecule has 6 heteroatoms. The molecule has 2 N–H and O–H groups in total. The van der Waals surface area contributed by atoms with Crippen LogP contribution in [0.1, 0.15) is 12.8 Å². The van der Waals surface area contributed by atoms with Gasteiger partial charge in [-0.1, -0.05) is 0 Å². The molecule has 4 nitrogen and oxygen atoms in total. The second kappa shape index (κ2) is 6.37. The second-order valence-corrected chi connectivity index (χ2v) is 5.00. The number of rotatable bonds is 4. The smallest absolute Gasteiger partial charge is 0.159 e. The molecule has 1 aliphatic heterocycles. The molecule has 20 heavy (non-hydrogen) atoms. The van der Waals surface area contributed by atoms with E-state index < -0.39 is 11.6 Å². The normalized spacial score (nSPS) is 16.9. The summed E-state index contributed by atoms with van der Waals surface area (Å²) >= 11 is 0. The van der Waals surface area contributed by atoms with Gasteiger partial charge in [0.25, 0.3) is 0 Å². The topological polar surface area (TPSA) is 47.7 Å². The first-order valence-corrected chi connectivity index (χ1v) is 6.62. The molecule has 0 radical (unpaired) electrons. The highest BCUT2D eigenvalue weighted by molar-refractivity contribution is 5.56. The summed E-state index contributed by atoms with van der Waals surface area (Å²) in [5.41, 5.74) is 5.52. The molecule has 112 valence electrons. The summed E-state index contributed by atoms with van der Waals surface area (Å²) in [5, 5.41) is 0. The van der Waals surface area contributed by atoms with Crippen LogP contribution in [0.3, 0.4) is 0 Å². The third kappa shape index (κ3) is 3.02. The minimum Gasteiger partial charge on any atom is -0.399 e. The summed E-state index contributed by atoms with van der Waals surface area (Å²) in [7, 11) is 3.19. The number of methoxy groups -OCH3 is 2. The van der Waals surface area contributed by atoms with Crippen molar-refractivity contribution in [1.82, 2.24) is 0 Å². The molecule has 0 atom stereocenters. The molecule has 0 unspecified atom stereocenters. The predicted octanol–water partition coefficient (Wildman–Crippen LogP) is 2.38. The standard InChI is InChI=1S/C14H20F2N2O2/c1-19-14(20-2)9-3-5-18(6-4-9)13-11(15)7-10(17)8-12(13)16/h7-9,14H,3-6,17H2,1-2H3. The van der Waals surface area contributed by atoms with Crippen molar-refractivity contribution in [2.24, 2.45) is 5.92 Å². The highest BCUT2D eigenvalue weighted by Crippen LogP contribution is 2.31. The molecule has 0 spiro atoms. The molecule has 2 rings (SSSR count). The number of ether oxygens (including phenoxy) is 2. The van der Waals surface area contributed by atoms with Crippen molar-refractivity contribution >= 4 is 11.4 Å². The fraction of sp³-hybridized carbons (Fsp3) is 0.571. The van der Waals surface area contributed by atoms with Gasteiger partial charge in [0.05, 0.1) is 0 Å². The van der Waals surface area contributed by atoms with Crippen LogP contribution in [0.5, 0.6) is 0 Å². The molecule has 0 amide bonds. The van der Waals surface area contributed by atoms with Crippen LogP contribution in [-0.4, -0.2) is 33.6 Å². The molecule has 1 saturated heterocycles. The van der Waals surface area contributed by atoms with Crippen molar-refractivity contribution in [2.75, 3.05) is 37.9 Å². The van der Waals surface area contributed by atoms with Crippen molar-refractivity contribution in [3.05, 3.63) is 23.8 Å².